The molecule has 0 spiro atoms. The Kier molecular flexibility index (Phi) is 11.5. The smallest absolute Gasteiger partial charge is 0.413 e. The van der Waals surface area contributed by atoms with Crippen LogP contribution in [0.15, 0.2) is 84.9 Å². The van der Waals surface area contributed by atoms with Crippen molar-refractivity contribution < 1.29 is 28.7 Å². The fourth-order valence-electron chi connectivity index (χ4n) is 6.20. The van der Waals surface area contributed by atoms with E-state index in [-0.39, 0.29) is 37.7 Å². The van der Waals surface area contributed by atoms with Crippen LogP contribution >= 0.6 is 0 Å². The average molecular weight is 731 g/mol. The molecule has 2 aromatic heterocycles. The molecule has 0 saturated carbocycles. The van der Waals surface area contributed by atoms with Crippen LogP contribution in [0.5, 0.6) is 0 Å². The van der Waals surface area contributed by atoms with Gasteiger partial charge in [-0.25, -0.2) is 19.6 Å². The van der Waals surface area contributed by atoms with Gasteiger partial charge in [0.15, 0.2) is 0 Å². The summed E-state index contributed by atoms with van der Waals surface area (Å²) in [4.78, 5) is 62.8. The molecule has 54 heavy (non-hydrogen) atoms. The van der Waals surface area contributed by atoms with E-state index < -0.39 is 12.2 Å². The Morgan fingerprint density at radius 3 is 1.31 bits per heavy atom. The Balaban J connectivity index is 0.943. The molecular weight excluding hydrogens is 688 g/mol. The lowest BCUT2D eigenvalue weighted by atomic mass is 10.1. The fourth-order valence-corrected chi connectivity index (χ4v) is 6.20. The van der Waals surface area contributed by atoms with Crippen molar-refractivity contribution in [1.29, 1.82) is 0 Å². The van der Waals surface area contributed by atoms with Crippen molar-refractivity contribution in [3.63, 3.8) is 0 Å². The van der Waals surface area contributed by atoms with E-state index in [0.717, 1.165) is 32.6 Å². The lowest BCUT2D eigenvalue weighted by molar-refractivity contribution is -0.126. The molecule has 0 fully saturated rings. The van der Waals surface area contributed by atoms with Crippen molar-refractivity contribution in [2.75, 3.05) is 61.7 Å². The molecule has 14 heteroatoms. The van der Waals surface area contributed by atoms with Gasteiger partial charge in [0.1, 0.15) is 0 Å². The maximum Gasteiger partial charge on any atom is 0.413 e. The first-order chi connectivity index (χ1) is 26.1. The summed E-state index contributed by atoms with van der Waals surface area (Å²) in [7, 11) is 2.63. The molecule has 6 N–H and O–H groups in total. The number of carbonyl (C=O) groups is 4. The second-order valence-corrected chi connectivity index (χ2v) is 12.8. The number of aromatic nitrogens is 2. The van der Waals surface area contributed by atoms with Crippen LogP contribution < -0.4 is 31.9 Å². The summed E-state index contributed by atoms with van der Waals surface area (Å²) in [5.74, 6) is -0.568. The normalized spacial score (nSPS) is 11.1. The number of anilines is 4. The Labute approximate surface area is 311 Å². The number of fused-ring (bicyclic) bond motifs is 4. The quantitative estimate of drug-likeness (QED) is 0.0632. The first-order valence-electron chi connectivity index (χ1n) is 17.6. The van der Waals surface area contributed by atoms with E-state index in [1.807, 2.05) is 72.8 Å². The number of ether oxygens (including phenoxy) is 2. The van der Waals surface area contributed by atoms with Crippen molar-refractivity contribution in [2.24, 2.45) is 0 Å². The summed E-state index contributed by atoms with van der Waals surface area (Å²) < 4.78 is 10.0. The van der Waals surface area contributed by atoms with Gasteiger partial charge in [-0.1, -0.05) is 24.3 Å². The SMILES string of the molecule is COC(=O)N(CCCNC(=O)CCC(=O)NCCCN(C(=O)OC)c1ccc2cc3ccc(N)cc3nc2c1)c1ccc2cc3ccc(N)cc3nc2c1. The minimum atomic E-state index is -0.536. The summed E-state index contributed by atoms with van der Waals surface area (Å²) >= 11 is 0. The van der Waals surface area contributed by atoms with Crippen molar-refractivity contribution in [1.82, 2.24) is 20.6 Å². The van der Waals surface area contributed by atoms with Gasteiger partial charge in [0.2, 0.25) is 11.8 Å². The fraction of sp³-hybridized carbons (Fsp3) is 0.250. The van der Waals surface area contributed by atoms with Gasteiger partial charge in [0.25, 0.3) is 0 Å². The Bertz CT molecular complexity index is 2200. The number of nitrogens with zero attached hydrogens (tertiary/aromatic N) is 4. The molecule has 0 saturated heterocycles. The highest BCUT2D eigenvalue weighted by molar-refractivity contribution is 5.98. The zero-order chi connectivity index (χ0) is 38.2. The summed E-state index contributed by atoms with van der Waals surface area (Å²) in [5, 5.41) is 9.37. The number of nitrogen functional groups attached to an aromatic ring is 2. The van der Waals surface area contributed by atoms with Crippen LogP contribution in [0.1, 0.15) is 25.7 Å². The monoisotopic (exact) mass is 730 g/mol. The van der Waals surface area contributed by atoms with Gasteiger partial charge in [-0.15, -0.1) is 0 Å². The van der Waals surface area contributed by atoms with E-state index in [1.165, 1.54) is 24.0 Å². The van der Waals surface area contributed by atoms with Crippen molar-refractivity contribution in [3.8, 4) is 0 Å². The van der Waals surface area contributed by atoms with E-state index in [9.17, 15) is 19.2 Å². The van der Waals surface area contributed by atoms with Gasteiger partial charge in [-0.3, -0.25) is 19.4 Å². The summed E-state index contributed by atoms with van der Waals surface area (Å²) in [6.45, 7) is 1.15. The second-order valence-electron chi connectivity index (χ2n) is 12.8. The van der Waals surface area contributed by atoms with Gasteiger partial charge in [-0.05, 0) is 73.5 Å². The molecule has 0 aliphatic heterocycles. The Hall–Kier alpha value is -6.70. The number of amides is 4. The maximum atomic E-state index is 12.7. The Morgan fingerprint density at radius 1 is 0.556 bits per heavy atom. The van der Waals surface area contributed by atoms with Crippen molar-refractivity contribution >= 4 is 90.4 Å². The van der Waals surface area contributed by atoms with Crippen LogP contribution in [0.25, 0.3) is 43.6 Å². The zero-order valence-electron chi connectivity index (χ0n) is 30.1. The molecule has 278 valence electrons. The largest absolute Gasteiger partial charge is 0.452 e. The molecule has 0 radical (unpaired) electrons. The van der Waals surface area contributed by atoms with Crippen LogP contribution in [-0.4, -0.2) is 74.4 Å². The molecule has 14 nitrogen and oxygen atoms in total. The molecular formula is C40H42N8O6. The second kappa shape index (κ2) is 16.8. The number of carbonyl (C=O) groups excluding carboxylic acids is 4. The highest BCUT2D eigenvalue weighted by atomic mass is 16.5. The predicted molar refractivity (Wildman–Crippen MR) is 211 cm³/mol. The predicted octanol–water partition coefficient (Wildman–Crippen LogP) is 5.89. The Morgan fingerprint density at radius 2 is 0.926 bits per heavy atom. The van der Waals surface area contributed by atoms with Gasteiger partial charge in [0.05, 0.1) is 36.3 Å². The molecule has 2 heterocycles. The first-order valence-corrected chi connectivity index (χ1v) is 17.6. The number of benzene rings is 4. The van der Waals surface area contributed by atoms with Crippen molar-refractivity contribution in [3.05, 3.63) is 84.9 Å². The highest BCUT2D eigenvalue weighted by Crippen LogP contribution is 2.28. The third kappa shape index (κ3) is 8.84. The lowest BCUT2D eigenvalue weighted by Gasteiger charge is -2.22. The lowest BCUT2D eigenvalue weighted by Crippen LogP contribution is -2.35. The third-order valence-corrected chi connectivity index (χ3v) is 8.99. The number of methoxy groups -OCH3 is 2. The summed E-state index contributed by atoms with van der Waals surface area (Å²) in [5.41, 5.74) is 17.2. The highest BCUT2D eigenvalue weighted by Gasteiger charge is 2.19. The number of pyridine rings is 2. The maximum absolute atomic E-state index is 12.7. The van der Waals surface area contributed by atoms with E-state index in [1.54, 1.807) is 12.1 Å². The molecule has 4 aromatic carbocycles. The molecule has 0 aliphatic rings. The average Bonchev–Trinajstić information content (AvgIpc) is 3.17. The topological polar surface area (TPSA) is 195 Å². The number of nitrogens with one attached hydrogen (secondary N) is 2. The molecule has 0 atom stereocenters. The van der Waals surface area contributed by atoms with Gasteiger partial charge in [0, 0.05) is 83.3 Å². The van der Waals surface area contributed by atoms with Gasteiger partial charge < -0.3 is 31.6 Å². The molecule has 6 rings (SSSR count). The van der Waals surface area contributed by atoms with Crippen LogP contribution in [0.3, 0.4) is 0 Å². The summed E-state index contributed by atoms with van der Waals surface area (Å²) in [6, 6.07) is 26.2. The summed E-state index contributed by atoms with van der Waals surface area (Å²) in [6.07, 6.45) is -0.179. The molecule has 0 bridgehead atoms. The standard InChI is InChI=1S/C40H42N8O6/c1-53-39(51)47(31-11-7-27-19-25-5-9-29(41)21-33(25)45-35(27)23-31)17-3-15-43-37(49)13-14-38(50)44-16-4-18-48(40(52)54-2)32-12-8-28-20-26-6-10-30(42)22-34(26)46-36(28)24-32/h5-12,19-24H,3-4,13-18,41-42H2,1-2H3,(H,43,49)(H,44,50). The number of nitrogens with two attached hydrogens (primary N) is 2. The third-order valence-electron chi connectivity index (χ3n) is 8.99. The van der Waals surface area contributed by atoms with Crippen LogP contribution in [0.4, 0.5) is 32.3 Å². The molecule has 0 unspecified atom stereocenters. The van der Waals surface area contributed by atoms with Gasteiger partial charge >= 0.3 is 12.2 Å². The number of hydrogen-bond donors (Lipinski definition) is 4. The number of rotatable bonds is 13. The van der Waals surface area contributed by atoms with Crippen LogP contribution in [0.2, 0.25) is 0 Å². The number of hydrogen-bond acceptors (Lipinski definition) is 10. The minimum Gasteiger partial charge on any atom is -0.452 e. The van der Waals surface area contributed by atoms with Crippen molar-refractivity contribution in [2.45, 2.75) is 25.7 Å². The first kappa shape index (κ1) is 37.1. The van der Waals surface area contributed by atoms with Crippen LogP contribution in [0, 0.1) is 0 Å². The molecule has 6 aromatic rings. The zero-order valence-corrected chi connectivity index (χ0v) is 30.1. The molecule has 0 aliphatic carbocycles. The van der Waals surface area contributed by atoms with E-state index in [4.69, 9.17) is 30.9 Å². The van der Waals surface area contributed by atoms with Gasteiger partial charge in [-0.2, -0.15) is 0 Å². The minimum absolute atomic E-state index is 0.0000705. The van der Waals surface area contributed by atoms with E-state index >= 15 is 0 Å². The molecule has 4 amide bonds. The van der Waals surface area contributed by atoms with E-state index in [2.05, 4.69) is 10.6 Å². The van der Waals surface area contributed by atoms with E-state index in [0.29, 0.717) is 59.7 Å². The van der Waals surface area contributed by atoms with Crippen LogP contribution in [-0.2, 0) is 19.1 Å².